The van der Waals surface area contributed by atoms with Crippen molar-refractivity contribution in [3.63, 3.8) is 0 Å². The number of benzene rings is 2. The van der Waals surface area contributed by atoms with Crippen molar-refractivity contribution < 1.29 is 27.8 Å². The van der Waals surface area contributed by atoms with Gasteiger partial charge in [0.25, 0.3) is 0 Å². The molecule has 1 N–H and O–H groups in total. The molecule has 1 unspecified atom stereocenters. The fourth-order valence-electron chi connectivity index (χ4n) is 1.83. The van der Waals surface area contributed by atoms with Gasteiger partial charge in [-0.3, -0.25) is 0 Å². The largest absolute Gasteiger partial charge is 0.573 e. The van der Waals surface area contributed by atoms with E-state index in [9.17, 15) is 18.3 Å². The Labute approximate surface area is 119 Å². The normalized spacial score (nSPS) is 13.0. The van der Waals surface area contributed by atoms with E-state index in [2.05, 4.69) is 4.74 Å². The van der Waals surface area contributed by atoms with Crippen molar-refractivity contribution in [3.05, 3.63) is 54.1 Å². The third-order valence-electron chi connectivity index (χ3n) is 2.84. The number of hydrogen-bond donors (Lipinski definition) is 1. The van der Waals surface area contributed by atoms with Crippen molar-refractivity contribution in [1.29, 1.82) is 0 Å². The topological polar surface area (TPSA) is 38.7 Å². The summed E-state index contributed by atoms with van der Waals surface area (Å²) in [5.74, 6) is -0.266. The third-order valence-corrected chi connectivity index (χ3v) is 2.84. The maximum atomic E-state index is 12.1. The average Bonchev–Trinajstić information content (AvgIpc) is 2.46. The molecule has 0 radical (unpaired) electrons. The molecule has 0 saturated carbocycles. The summed E-state index contributed by atoms with van der Waals surface area (Å²) in [7, 11) is 1.39. The summed E-state index contributed by atoms with van der Waals surface area (Å²) in [5.41, 5.74) is 2.14. The highest BCUT2D eigenvalue weighted by Gasteiger charge is 2.30. The predicted molar refractivity (Wildman–Crippen MR) is 70.5 cm³/mol. The van der Waals surface area contributed by atoms with Gasteiger partial charge in [0.15, 0.2) is 6.29 Å². The van der Waals surface area contributed by atoms with Crippen LogP contribution in [0.15, 0.2) is 48.5 Å². The molecule has 0 aliphatic rings. The number of rotatable bonds is 4. The second-order valence-corrected chi connectivity index (χ2v) is 4.28. The van der Waals surface area contributed by atoms with Crippen LogP contribution in [0.25, 0.3) is 11.1 Å². The summed E-state index contributed by atoms with van der Waals surface area (Å²) in [4.78, 5) is 0. The van der Waals surface area contributed by atoms with Crippen LogP contribution in [-0.4, -0.2) is 18.6 Å². The molecule has 0 fully saturated rings. The lowest BCUT2D eigenvalue weighted by molar-refractivity contribution is -0.274. The molecule has 1 atom stereocenters. The predicted octanol–water partition coefficient (Wildman–Crippen LogP) is 3.89. The van der Waals surface area contributed by atoms with Crippen LogP contribution >= 0.6 is 0 Å². The molecule has 0 spiro atoms. The van der Waals surface area contributed by atoms with Crippen LogP contribution in [0.4, 0.5) is 13.2 Å². The second-order valence-electron chi connectivity index (χ2n) is 4.28. The van der Waals surface area contributed by atoms with Crippen molar-refractivity contribution in [2.45, 2.75) is 12.7 Å². The Morgan fingerprint density at radius 3 is 1.81 bits per heavy atom. The van der Waals surface area contributed by atoms with Crippen molar-refractivity contribution in [1.82, 2.24) is 0 Å². The molecule has 112 valence electrons. The SMILES string of the molecule is COC(O)c1ccc(-c2ccc(OC(F)(F)F)cc2)cc1. The Bertz CT molecular complexity index is 577. The summed E-state index contributed by atoms with van der Waals surface area (Å²) in [6.45, 7) is 0. The standard InChI is InChI=1S/C15H13F3O3/c1-20-14(19)12-4-2-10(3-5-12)11-6-8-13(9-7-11)21-15(16,17)18/h2-9,14,19H,1H3. The zero-order valence-corrected chi connectivity index (χ0v) is 11.1. The van der Waals surface area contributed by atoms with E-state index >= 15 is 0 Å². The van der Waals surface area contributed by atoms with E-state index in [4.69, 9.17) is 4.74 Å². The minimum absolute atomic E-state index is 0.266. The maximum absolute atomic E-state index is 12.1. The Balaban J connectivity index is 2.15. The van der Waals surface area contributed by atoms with Crippen molar-refractivity contribution in [3.8, 4) is 16.9 Å². The molecule has 0 aliphatic carbocycles. The summed E-state index contributed by atoms with van der Waals surface area (Å²) >= 11 is 0. The highest BCUT2D eigenvalue weighted by atomic mass is 19.4. The number of methoxy groups -OCH3 is 1. The number of aliphatic hydroxyl groups is 1. The van der Waals surface area contributed by atoms with E-state index in [1.165, 1.54) is 31.4 Å². The molecule has 0 aromatic heterocycles. The molecule has 0 amide bonds. The van der Waals surface area contributed by atoms with Crippen LogP contribution in [0.3, 0.4) is 0 Å². The lowest BCUT2D eigenvalue weighted by Crippen LogP contribution is -2.16. The first kappa shape index (κ1) is 15.3. The lowest BCUT2D eigenvalue weighted by atomic mass is 10.0. The van der Waals surface area contributed by atoms with Crippen LogP contribution in [0.2, 0.25) is 0 Å². The van der Waals surface area contributed by atoms with E-state index in [0.717, 1.165) is 11.1 Å². The first-order valence-electron chi connectivity index (χ1n) is 6.06. The zero-order chi connectivity index (χ0) is 15.5. The molecule has 6 heteroatoms. The van der Waals surface area contributed by atoms with Gasteiger partial charge in [0.2, 0.25) is 0 Å². The molecule has 2 aromatic carbocycles. The Kier molecular flexibility index (Phi) is 4.50. The van der Waals surface area contributed by atoms with E-state index in [0.29, 0.717) is 5.56 Å². The maximum Gasteiger partial charge on any atom is 0.573 e. The van der Waals surface area contributed by atoms with Crippen molar-refractivity contribution in [2.75, 3.05) is 7.11 Å². The van der Waals surface area contributed by atoms with Gasteiger partial charge in [0.1, 0.15) is 5.75 Å². The third kappa shape index (κ3) is 4.21. The average molecular weight is 298 g/mol. The minimum atomic E-state index is -4.69. The van der Waals surface area contributed by atoms with Gasteiger partial charge >= 0.3 is 6.36 Å². The van der Waals surface area contributed by atoms with Gasteiger partial charge in [-0.25, -0.2) is 0 Å². The molecule has 0 bridgehead atoms. The molecule has 3 nitrogen and oxygen atoms in total. The van der Waals surface area contributed by atoms with E-state index in [1.54, 1.807) is 24.3 Å². The molecule has 2 rings (SSSR count). The van der Waals surface area contributed by atoms with Gasteiger partial charge in [0, 0.05) is 12.7 Å². The second kappa shape index (κ2) is 6.15. The van der Waals surface area contributed by atoms with E-state index in [-0.39, 0.29) is 5.75 Å². The fourth-order valence-corrected chi connectivity index (χ4v) is 1.83. The van der Waals surface area contributed by atoms with E-state index < -0.39 is 12.7 Å². The quantitative estimate of drug-likeness (QED) is 0.870. The Morgan fingerprint density at radius 1 is 0.905 bits per heavy atom. The summed E-state index contributed by atoms with van der Waals surface area (Å²) < 4.78 is 44.8. The van der Waals surface area contributed by atoms with E-state index in [1.807, 2.05) is 0 Å². The number of hydrogen-bond acceptors (Lipinski definition) is 3. The van der Waals surface area contributed by atoms with Gasteiger partial charge in [-0.05, 0) is 23.3 Å². The number of ether oxygens (including phenoxy) is 2. The number of halogens is 3. The van der Waals surface area contributed by atoms with Crippen LogP contribution in [-0.2, 0) is 4.74 Å². The molecule has 0 heterocycles. The molecule has 0 saturated heterocycles. The van der Waals surface area contributed by atoms with Crippen molar-refractivity contribution >= 4 is 0 Å². The monoisotopic (exact) mass is 298 g/mol. The van der Waals surface area contributed by atoms with Crippen LogP contribution < -0.4 is 4.74 Å². The lowest BCUT2D eigenvalue weighted by Gasteiger charge is -2.11. The first-order valence-corrected chi connectivity index (χ1v) is 6.06. The molecule has 0 aliphatic heterocycles. The number of aliphatic hydroxyl groups excluding tert-OH is 1. The van der Waals surface area contributed by atoms with Crippen molar-refractivity contribution in [2.24, 2.45) is 0 Å². The van der Waals surface area contributed by atoms with Gasteiger partial charge in [-0.2, -0.15) is 0 Å². The molecule has 2 aromatic rings. The fraction of sp³-hybridized carbons (Fsp3) is 0.200. The summed E-state index contributed by atoms with van der Waals surface area (Å²) in [5, 5.41) is 9.49. The highest BCUT2D eigenvalue weighted by Crippen LogP contribution is 2.27. The summed E-state index contributed by atoms with van der Waals surface area (Å²) in [6, 6.07) is 12.4. The molecular formula is C15H13F3O3. The Hall–Kier alpha value is -2.05. The van der Waals surface area contributed by atoms with Gasteiger partial charge in [-0.1, -0.05) is 36.4 Å². The van der Waals surface area contributed by atoms with Crippen LogP contribution in [0.5, 0.6) is 5.75 Å². The molecule has 21 heavy (non-hydrogen) atoms. The van der Waals surface area contributed by atoms with Crippen LogP contribution in [0.1, 0.15) is 11.9 Å². The summed E-state index contributed by atoms with van der Waals surface area (Å²) in [6.07, 6.45) is -5.69. The van der Waals surface area contributed by atoms with Crippen LogP contribution in [0, 0.1) is 0 Å². The number of alkyl halides is 3. The Morgan fingerprint density at radius 2 is 1.38 bits per heavy atom. The minimum Gasteiger partial charge on any atom is -0.406 e. The highest BCUT2D eigenvalue weighted by molar-refractivity contribution is 5.64. The van der Waals surface area contributed by atoms with Gasteiger partial charge < -0.3 is 14.6 Å². The zero-order valence-electron chi connectivity index (χ0n) is 11.1. The molecular weight excluding hydrogens is 285 g/mol. The first-order chi connectivity index (χ1) is 9.89. The smallest absolute Gasteiger partial charge is 0.406 e. The van der Waals surface area contributed by atoms with Gasteiger partial charge in [0.05, 0.1) is 0 Å². The van der Waals surface area contributed by atoms with Gasteiger partial charge in [-0.15, -0.1) is 13.2 Å².